The average molecular weight is 296 g/mol. The number of halogens is 3. The van der Waals surface area contributed by atoms with E-state index >= 15 is 0 Å². The first-order chi connectivity index (χ1) is 9.77. The number of alkyl halides is 3. The molecule has 0 aliphatic carbocycles. The van der Waals surface area contributed by atoms with Gasteiger partial charge < -0.3 is 5.11 Å². The highest BCUT2D eigenvalue weighted by Gasteiger charge is 2.30. The lowest BCUT2D eigenvalue weighted by atomic mass is 9.99. The van der Waals surface area contributed by atoms with E-state index < -0.39 is 17.8 Å². The summed E-state index contributed by atoms with van der Waals surface area (Å²) < 4.78 is 38.0. The van der Waals surface area contributed by atoms with E-state index in [9.17, 15) is 18.3 Å². The topological polar surface area (TPSA) is 46.0 Å². The van der Waals surface area contributed by atoms with Crippen molar-refractivity contribution in [2.24, 2.45) is 0 Å². The fraction of sp³-hybridized carbons (Fsp3) is 0.333. The van der Waals surface area contributed by atoms with Gasteiger partial charge in [-0.3, -0.25) is 0 Å². The minimum Gasteiger partial charge on any atom is -0.388 e. The molecular weight excluding hydrogens is 281 g/mol. The third kappa shape index (κ3) is 3.78. The van der Waals surface area contributed by atoms with Crippen LogP contribution in [0.5, 0.6) is 0 Å². The van der Waals surface area contributed by atoms with Crippen molar-refractivity contribution < 1.29 is 18.3 Å². The Labute approximate surface area is 120 Å². The summed E-state index contributed by atoms with van der Waals surface area (Å²) in [5.74, 6) is 0. The Morgan fingerprint density at radius 1 is 1.14 bits per heavy atom. The quantitative estimate of drug-likeness (QED) is 0.944. The molecule has 0 bridgehead atoms. The highest BCUT2D eigenvalue weighted by atomic mass is 19.4. The van der Waals surface area contributed by atoms with Crippen LogP contribution < -0.4 is 0 Å². The molecule has 1 atom stereocenters. The van der Waals surface area contributed by atoms with Gasteiger partial charge in [-0.05, 0) is 31.5 Å². The van der Waals surface area contributed by atoms with E-state index in [4.69, 9.17) is 0 Å². The van der Waals surface area contributed by atoms with Crippen molar-refractivity contribution in [2.75, 3.05) is 0 Å². The lowest BCUT2D eigenvalue weighted by molar-refractivity contribution is -0.137. The van der Waals surface area contributed by atoms with Crippen LogP contribution in [0.3, 0.4) is 0 Å². The van der Waals surface area contributed by atoms with Crippen LogP contribution in [0.25, 0.3) is 0 Å². The van der Waals surface area contributed by atoms with Crippen LogP contribution >= 0.6 is 0 Å². The smallest absolute Gasteiger partial charge is 0.388 e. The number of nitrogens with zero attached hydrogens (tertiary/aromatic N) is 2. The minimum absolute atomic E-state index is 0.0931. The second-order valence-corrected chi connectivity index (χ2v) is 4.94. The number of aliphatic hydroxyl groups excluding tert-OH is 1. The third-order valence-electron chi connectivity index (χ3n) is 3.18. The molecule has 1 aromatic heterocycles. The first-order valence-corrected chi connectivity index (χ1v) is 6.42. The molecule has 0 aliphatic rings. The molecule has 112 valence electrons. The molecule has 3 nitrogen and oxygen atoms in total. The standard InChI is InChI=1S/C15H15F3N2O/c1-9-6-13(10(2)20-19-9)14(21)8-11-4-3-5-12(7-11)15(16,17)18/h3-7,14,21H,8H2,1-2H3. The van der Waals surface area contributed by atoms with E-state index in [1.165, 1.54) is 6.07 Å². The maximum atomic E-state index is 12.7. The molecule has 2 rings (SSSR count). The first-order valence-electron chi connectivity index (χ1n) is 6.42. The summed E-state index contributed by atoms with van der Waals surface area (Å²) in [6, 6.07) is 6.67. The summed E-state index contributed by atoms with van der Waals surface area (Å²) in [5, 5.41) is 18.0. The Balaban J connectivity index is 2.23. The lowest BCUT2D eigenvalue weighted by Crippen LogP contribution is -2.09. The van der Waals surface area contributed by atoms with E-state index in [2.05, 4.69) is 10.2 Å². The summed E-state index contributed by atoms with van der Waals surface area (Å²) in [6.07, 6.45) is -5.20. The maximum absolute atomic E-state index is 12.7. The van der Waals surface area contributed by atoms with Gasteiger partial charge in [0.2, 0.25) is 0 Å². The maximum Gasteiger partial charge on any atom is 0.416 e. The van der Waals surface area contributed by atoms with Gasteiger partial charge in [0, 0.05) is 12.0 Å². The van der Waals surface area contributed by atoms with Crippen LogP contribution in [0.4, 0.5) is 13.2 Å². The van der Waals surface area contributed by atoms with E-state index in [0.717, 1.165) is 12.1 Å². The van der Waals surface area contributed by atoms with Gasteiger partial charge in [0.15, 0.2) is 0 Å². The molecule has 0 fully saturated rings. The predicted molar refractivity (Wildman–Crippen MR) is 71.6 cm³/mol. The molecule has 1 unspecified atom stereocenters. The fourth-order valence-electron chi connectivity index (χ4n) is 2.12. The van der Waals surface area contributed by atoms with Crippen LogP contribution in [0, 0.1) is 13.8 Å². The summed E-state index contributed by atoms with van der Waals surface area (Å²) in [5.41, 5.74) is 1.51. The highest BCUT2D eigenvalue weighted by Crippen LogP contribution is 2.30. The Morgan fingerprint density at radius 3 is 2.52 bits per heavy atom. The van der Waals surface area contributed by atoms with Crippen molar-refractivity contribution in [3.8, 4) is 0 Å². The molecule has 1 N–H and O–H groups in total. The van der Waals surface area contributed by atoms with Crippen molar-refractivity contribution in [1.82, 2.24) is 10.2 Å². The van der Waals surface area contributed by atoms with Crippen molar-refractivity contribution in [3.63, 3.8) is 0 Å². The van der Waals surface area contributed by atoms with E-state index in [1.54, 1.807) is 26.0 Å². The van der Waals surface area contributed by atoms with Crippen molar-refractivity contribution >= 4 is 0 Å². The van der Waals surface area contributed by atoms with Gasteiger partial charge in [-0.1, -0.05) is 18.2 Å². The number of hydrogen-bond acceptors (Lipinski definition) is 3. The molecule has 2 aromatic rings. The molecule has 0 saturated heterocycles. The average Bonchev–Trinajstić information content (AvgIpc) is 2.41. The SMILES string of the molecule is Cc1cc(C(O)Cc2cccc(C(F)(F)F)c2)c(C)nn1. The summed E-state index contributed by atoms with van der Waals surface area (Å²) in [4.78, 5) is 0. The van der Waals surface area contributed by atoms with Gasteiger partial charge >= 0.3 is 6.18 Å². The summed E-state index contributed by atoms with van der Waals surface area (Å²) in [6.45, 7) is 3.45. The number of hydrogen-bond donors (Lipinski definition) is 1. The van der Waals surface area contributed by atoms with Gasteiger partial charge in [-0.15, -0.1) is 0 Å². The van der Waals surface area contributed by atoms with E-state index in [-0.39, 0.29) is 6.42 Å². The summed E-state index contributed by atoms with van der Waals surface area (Å²) in [7, 11) is 0. The van der Waals surface area contributed by atoms with Crippen LogP contribution in [0.2, 0.25) is 0 Å². The predicted octanol–water partition coefficient (Wildman–Crippen LogP) is 3.39. The molecule has 0 saturated carbocycles. The third-order valence-corrected chi connectivity index (χ3v) is 3.18. The molecule has 1 heterocycles. The first kappa shape index (κ1) is 15.4. The highest BCUT2D eigenvalue weighted by molar-refractivity contribution is 5.29. The number of rotatable bonds is 3. The number of aliphatic hydroxyl groups is 1. The Morgan fingerprint density at radius 2 is 1.86 bits per heavy atom. The zero-order chi connectivity index (χ0) is 15.6. The van der Waals surface area contributed by atoms with Crippen LogP contribution in [0.1, 0.15) is 34.2 Å². The zero-order valence-corrected chi connectivity index (χ0v) is 11.6. The van der Waals surface area contributed by atoms with Gasteiger partial charge in [0.25, 0.3) is 0 Å². The molecule has 0 amide bonds. The van der Waals surface area contributed by atoms with Crippen molar-refractivity contribution in [2.45, 2.75) is 32.5 Å². The lowest BCUT2D eigenvalue weighted by Gasteiger charge is -2.14. The van der Waals surface area contributed by atoms with Gasteiger partial charge in [0.1, 0.15) is 0 Å². The molecule has 0 radical (unpaired) electrons. The fourth-order valence-corrected chi connectivity index (χ4v) is 2.12. The Hall–Kier alpha value is -1.95. The van der Waals surface area contributed by atoms with Crippen LogP contribution in [-0.4, -0.2) is 15.3 Å². The second kappa shape index (κ2) is 5.81. The molecule has 6 heteroatoms. The number of aryl methyl sites for hydroxylation is 2. The van der Waals surface area contributed by atoms with Crippen molar-refractivity contribution in [1.29, 1.82) is 0 Å². The monoisotopic (exact) mass is 296 g/mol. The second-order valence-electron chi connectivity index (χ2n) is 4.94. The van der Waals surface area contributed by atoms with Gasteiger partial charge in [-0.25, -0.2) is 0 Å². The molecule has 21 heavy (non-hydrogen) atoms. The van der Waals surface area contributed by atoms with Gasteiger partial charge in [0.05, 0.1) is 23.1 Å². The molecule has 1 aromatic carbocycles. The number of aromatic nitrogens is 2. The zero-order valence-electron chi connectivity index (χ0n) is 11.6. The normalized spacial score (nSPS) is 13.2. The Bertz CT molecular complexity index is 641. The number of benzene rings is 1. The summed E-state index contributed by atoms with van der Waals surface area (Å²) >= 11 is 0. The largest absolute Gasteiger partial charge is 0.416 e. The molecule has 0 aliphatic heterocycles. The van der Waals surface area contributed by atoms with Crippen LogP contribution in [-0.2, 0) is 12.6 Å². The minimum atomic E-state index is -4.38. The van der Waals surface area contributed by atoms with E-state index in [1.807, 2.05) is 0 Å². The van der Waals surface area contributed by atoms with E-state index in [0.29, 0.717) is 22.5 Å². The van der Waals surface area contributed by atoms with Crippen molar-refractivity contribution in [3.05, 3.63) is 58.4 Å². The molecule has 0 spiro atoms. The van der Waals surface area contributed by atoms with Crippen LogP contribution in [0.15, 0.2) is 30.3 Å². The van der Waals surface area contributed by atoms with Gasteiger partial charge in [-0.2, -0.15) is 23.4 Å². The Kier molecular flexibility index (Phi) is 4.27. The molecular formula is C15H15F3N2O.